The lowest BCUT2D eigenvalue weighted by atomic mass is 9.95. The van der Waals surface area contributed by atoms with Gasteiger partial charge in [0.15, 0.2) is 19.5 Å². The van der Waals surface area contributed by atoms with Crippen molar-refractivity contribution in [1.82, 2.24) is 20.2 Å². The van der Waals surface area contributed by atoms with E-state index in [0.717, 1.165) is 49.4 Å². The van der Waals surface area contributed by atoms with Gasteiger partial charge in [-0.2, -0.15) is 0 Å². The highest BCUT2D eigenvalue weighted by Crippen LogP contribution is 2.30. The monoisotopic (exact) mass is 472 g/mol. The van der Waals surface area contributed by atoms with Gasteiger partial charge in [-0.1, -0.05) is 6.07 Å². The van der Waals surface area contributed by atoms with Crippen molar-refractivity contribution in [2.45, 2.75) is 18.9 Å². The summed E-state index contributed by atoms with van der Waals surface area (Å²) in [6.07, 6.45) is 6.98. The number of benzene rings is 1. The maximum atomic E-state index is 13.2. The normalized spacial score (nSPS) is 17.4. The van der Waals surface area contributed by atoms with Gasteiger partial charge in [0, 0.05) is 43.1 Å². The maximum absolute atomic E-state index is 13.2. The lowest BCUT2D eigenvalue weighted by Gasteiger charge is -2.30. The molecule has 2 aliphatic rings. The zero-order chi connectivity index (χ0) is 24.2. The topological polar surface area (TPSA) is 130 Å². The van der Waals surface area contributed by atoms with Crippen LogP contribution < -0.4 is 26.5 Å². The van der Waals surface area contributed by atoms with Crippen molar-refractivity contribution in [1.29, 1.82) is 0 Å². The van der Waals surface area contributed by atoms with Crippen LogP contribution in [0.4, 0.5) is 22.9 Å². The van der Waals surface area contributed by atoms with E-state index < -0.39 is 5.91 Å². The molecule has 0 saturated carbocycles. The third kappa shape index (κ3) is 5.05. The van der Waals surface area contributed by atoms with E-state index >= 15 is 0 Å². The van der Waals surface area contributed by atoms with Gasteiger partial charge in [0.05, 0.1) is 42.7 Å². The van der Waals surface area contributed by atoms with Gasteiger partial charge in [-0.05, 0) is 36.6 Å². The van der Waals surface area contributed by atoms with Crippen LogP contribution >= 0.6 is 0 Å². The molecule has 0 spiro atoms. The standard InChI is InChI=1S/C24H29BN8O2/c25-29-12-17-3-1-15-11-16(2-4-18(15)30-17)19-14-28-23(26)22(31-19)24(34)32-20-13-27-6-5-21(20)33-7-9-35-10-8-33/h2,4-6,11,13-14,17,29-30H,1,3,7-10,12,25H2,(H2,26,28)(H,32,34). The highest BCUT2D eigenvalue weighted by molar-refractivity contribution is 6.07. The summed E-state index contributed by atoms with van der Waals surface area (Å²) in [5.41, 5.74) is 11.5. The summed E-state index contributed by atoms with van der Waals surface area (Å²) >= 11 is 0. The zero-order valence-corrected chi connectivity index (χ0v) is 19.8. The largest absolute Gasteiger partial charge is 0.382 e. The number of carbonyl (C=O) groups excluding carboxylic acids is 1. The van der Waals surface area contributed by atoms with Crippen molar-refractivity contribution >= 4 is 36.8 Å². The number of pyridine rings is 1. The Kier molecular flexibility index (Phi) is 6.78. The molecular weight excluding hydrogens is 443 g/mol. The van der Waals surface area contributed by atoms with E-state index in [9.17, 15) is 4.79 Å². The number of nitrogens with zero attached hydrogens (tertiary/aromatic N) is 4. The van der Waals surface area contributed by atoms with Crippen LogP contribution in [0.5, 0.6) is 0 Å². The molecule has 0 aliphatic carbocycles. The van der Waals surface area contributed by atoms with Crippen molar-refractivity contribution < 1.29 is 9.53 Å². The highest BCUT2D eigenvalue weighted by Gasteiger charge is 2.21. The number of morpholine rings is 1. The molecule has 4 heterocycles. The number of aryl methyl sites for hydroxylation is 1. The summed E-state index contributed by atoms with van der Waals surface area (Å²) in [6, 6.07) is 8.47. The van der Waals surface area contributed by atoms with Crippen LogP contribution in [0, 0.1) is 0 Å². The molecule has 5 rings (SSSR count). The SMILES string of the molecule is BNCC1CCc2cc(-c3cnc(N)c(C(=O)Nc4cnccc4N4CCOCC4)n3)ccc2N1. The molecule has 1 unspecified atom stereocenters. The molecular formula is C24H29BN8O2. The molecule has 10 nitrogen and oxygen atoms in total. The van der Waals surface area contributed by atoms with Crippen LogP contribution in [0.2, 0.25) is 0 Å². The minimum Gasteiger partial charge on any atom is -0.382 e. The minimum atomic E-state index is -0.422. The van der Waals surface area contributed by atoms with Gasteiger partial charge < -0.3 is 31.2 Å². The first-order valence-corrected chi connectivity index (χ1v) is 11.9. The number of nitrogens with two attached hydrogens (primary N) is 1. The summed E-state index contributed by atoms with van der Waals surface area (Å²) in [4.78, 5) is 28.4. The van der Waals surface area contributed by atoms with E-state index in [-0.39, 0.29) is 11.5 Å². The molecule has 1 saturated heterocycles. The third-order valence-corrected chi connectivity index (χ3v) is 6.39. The van der Waals surface area contributed by atoms with Crippen LogP contribution in [0.15, 0.2) is 42.9 Å². The summed E-state index contributed by atoms with van der Waals surface area (Å²) in [5.74, 6) is -0.341. The molecule has 3 aromatic rings. The number of nitrogen functional groups attached to an aromatic ring is 1. The van der Waals surface area contributed by atoms with Crippen molar-refractivity contribution in [3.8, 4) is 11.3 Å². The average Bonchev–Trinajstić information content (AvgIpc) is 2.89. The lowest BCUT2D eigenvalue weighted by Crippen LogP contribution is -2.36. The molecule has 0 bridgehead atoms. The molecule has 5 N–H and O–H groups in total. The second-order valence-corrected chi connectivity index (χ2v) is 8.74. The molecule has 11 heteroatoms. The van der Waals surface area contributed by atoms with Crippen LogP contribution in [-0.2, 0) is 11.2 Å². The van der Waals surface area contributed by atoms with E-state index in [1.54, 1.807) is 18.6 Å². The Morgan fingerprint density at radius 2 is 2.11 bits per heavy atom. The first-order chi connectivity index (χ1) is 17.1. The van der Waals surface area contributed by atoms with Gasteiger partial charge in [0.25, 0.3) is 5.91 Å². The minimum absolute atomic E-state index is 0.0811. The summed E-state index contributed by atoms with van der Waals surface area (Å²) < 4.78 is 5.45. The van der Waals surface area contributed by atoms with E-state index in [0.29, 0.717) is 30.6 Å². The quantitative estimate of drug-likeness (QED) is 0.389. The molecule has 1 fully saturated rings. The summed E-state index contributed by atoms with van der Waals surface area (Å²) in [7, 11) is 1.96. The smallest absolute Gasteiger partial charge is 0.278 e. The van der Waals surface area contributed by atoms with E-state index in [1.165, 1.54) is 5.56 Å². The van der Waals surface area contributed by atoms with Crippen molar-refractivity contribution in [3.63, 3.8) is 0 Å². The van der Waals surface area contributed by atoms with Crippen LogP contribution in [0.3, 0.4) is 0 Å². The average molecular weight is 472 g/mol. The van der Waals surface area contributed by atoms with Crippen LogP contribution in [0.25, 0.3) is 11.3 Å². The Bertz CT molecular complexity index is 1220. The van der Waals surface area contributed by atoms with Gasteiger partial charge in [0.2, 0.25) is 0 Å². The van der Waals surface area contributed by atoms with Crippen molar-refractivity contribution in [2.24, 2.45) is 0 Å². The fraction of sp³-hybridized carbons (Fsp3) is 0.333. The fourth-order valence-electron chi connectivity index (χ4n) is 4.57. The Morgan fingerprint density at radius 1 is 1.26 bits per heavy atom. The van der Waals surface area contributed by atoms with Gasteiger partial charge in [-0.25, -0.2) is 9.97 Å². The highest BCUT2D eigenvalue weighted by atomic mass is 16.5. The summed E-state index contributed by atoms with van der Waals surface area (Å²) in [5, 5.41) is 9.73. The Labute approximate surface area is 205 Å². The van der Waals surface area contributed by atoms with Gasteiger partial charge in [-0.15, -0.1) is 0 Å². The predicted octanol–water partition coefficient (Wildman–Crippen LogP) is 1.07. The first-order valence-electron chi connectivity index (χ1n) is 11.9. The maximum Gasteiger partial charge on any atom is 0.278 e. The Morgan fingerprint density at radius 3 is 2.94 bits per heavy atom. The van der Waals surface area contributed by atoms with Crippen molar-refractivity contribution in [3.05, 3.63) is 54.1 Å². The number of hydrogen-bond acceptors (Lipinski definition) is 9. The molecule has 2 aromatic heterocycles. The number of hydrogen-bond donors (Lipinski definition) is 4. The second-order valence-electron chi connectivity index (χ2n) is 8.74. The number of rotatable bonds is 6. The Balaban J connectivity index is 1.37. The molecule has 2 aliphatic heterocycles. The first kappa shape index (κ1) is 23.1. The van der Waals surface area contributed by atoms with Crippen LogP contribution in [-0.4, -0.2) is 67.7 Å². The molecule has 1 atom stereocenters. The number of anilines is 4. The lowest BCUT2D eigenvalue weighted by molar-refractivity contribution is 0.102. The van der Waals surface area contributed by atoms with Gasteiger partial charge in [0.1, 0.15) is 0 Å². The molecule has 0 radical (unpaired) electrons. The Hall–Kier alpha value is -3.70. The zero-order valence-electron chi connectivity index (χ0n) is 19.8. The molecule has 1 amide bonds. The van der Waals surface area contributed by atoms with E-state index in [2.05, 4.69) is 47.8 Å². The van der Waals surface area contributed by atoms with E-state index in [4.69, 9.17) is 10.5 Å². The number of amides is 1. The molecule has 1 aromatic carbocycles. The molecule has 180 valence electrons. The third-order valence-electron chi connectivity index (χ3n) is 6.39. The van der Waals surface area contributed by atoms with Crippen LogP contribution in [0.1, 0.15) is 22.5 Å². The fourth-order valence-corrected chi connectivity index (χ4v) is 4.57. The van der Waals surface area contributed by atoms with E-state index in [1.807, 2.05) is 20.1 Å². The van der Waals surface area contributed by atoms with Gasteiger partial charge >= 0.3 is 0 Å². The number of aromatic nitrogens is 3. The second kappa shape index (κ2) is 10.3. The number of ether oxygens (including phenoxy) is 1. The molecule has 35 heavy (non-hydrogen) atoms. The number of carbonyl (C=O) groups is 1. The number of fused-ring (bicyclic) bond motifs is 1. The summed E-state index contributed by atoms with van der Waals surface area (Å²) in [6.45, 7) is 3.69. The number of nitrogens with one attached hydrogen (secondary N) is 3. The van der Waals surface area contributed by atoms with Gasteiger partial charge in [-0.3, -0.25) is 9.78 Å². The predicted molar refractivity (Wildman–Crippen MR) is 139 cm³/mol. The van der Waals surface area contributed by atoms with Crippen molar-refractivity contribution in [2.75, 3.05) is 54.1 Å².